The topological polar surface area (TPSA) is 120 Å². The number of hydrogen-bond donors (Lipinski definition) is 1. The number of nitrogens with zero attached hydrogens (tertiary/aromatic N) is 5. The molecule has 5 rings (SSSR count). The van der Waals surface area contributed by atoms with Crippen LogP contribution in [0, 0.1) is 18.7 Å². The number of aromatic nitrogens is 3. The van der Waals surface area contributed by atoms with Crippen LogP contribution in [0.2, 0.25) is 0 Å². The lowest BCUT2D eigenvalue weighted by Crippen LogP contribution is -2.43. The molecule has 2 N–H and O–H groups in total. The van der Waals surface area contributed by atoms with Crippen molar-refractivity contribution in [2.24, 2.45) is 16.6 Å². The summed E-state index contributed by atoms with van der Waals surface area (Å²) in [6.45, 7) is 3.67. The Labute approximate surface area is 222 Å². The van der Waals surface area contributed by atoms with Gasteiger partial charge in [0.15, 0.2) is 23.4 Å². The van der Waals surface area contributed by atoms with E-state index >= 15 is 8.78 Å². The lowest BCUT2D eigenvalue weighted by atomic mass is 9.84. The van der Waals surface area contributed by atoms with Gasteiger partial charge in [0.05, 0.1) is 23.6 Å². The van der Waals surface area contributed by atoms with Crippen molar-refractivity contribution in [2.45, 2.75) is 37.2 Å². The molecule has 3 atom stereocenters. The summed E-state index contributed by atoms with van der Waals surface area (Å²) in [5.74, 6) is -0.782. The standard InChI is InChI=1S/C26H26F2N6O3S/c1-14-7-16(37-33-14)13-36-22-12-30-20(11-31-22)19(28)9-15-5-6-18(27)17(8-15)25(2)21-10-26(21,23(35)34(3)4)38-24(29)32-25/h5-9,11-12,21H,10,13H2,1-4H3,(H2,29,32)/t21-,25+,26-/m0/s1. The van der Waals surface area contributed by atoms with Crippen molar-refractivity contribution in [3.8, 4) is 5.88 Å². The molecular formula is C26H26F2N6O3S. The highest BCUT2D eigenvalue weighted by Gasteiger charge is 2.71. The zero-order valence-electron chi connectivity index (χ0n) is 21.2. The second-order valence-electron chi connectivity index (χ2n) is 9.74. The molecule has 0 spiro atoms. The summed E-state index contributed by atoms with van der Waals surface area (Å²) in [7, 11) is 3.36. The zero-order chi connectivity index (χ0) is 27.2. The van der Waals surface area contributed by atoms with Gasteiger partial charge in [-0.15, -0.1) is 0 Å². The number of hydrogen-bond acceptors (Lipinski definition) is 9. The number of amides is 1. The van der Waals surface area contributed by atoms with Gasteiger partial charge in [-0.1, -0.05) is 23.0 Å². The molecule has 1 aliphatic heterocycles. The second-order valence-corrected chi connectivity index (χ2v) is 11.1. The molecule has 1 saturated carbocycles. The van der Waals surface area contributed by atoms with E-state index in [0.29, 0.717) is 17.7 Å². The van der Waals surface area contributed by atoms with Crippen LogP contribution in [0.3, 0.4) is 0 Å². The van der Waals surface area contributed by atoms with E-state index in [-0.39, 0.29) is 40.7 Å². The summed E-state index contributed by atoms with van der Waals surface area (Å²) < 4.78 is 40.0. The van der Waals surface area contributed by atoms with Gasteiger partial charge >= 0.3 is 0 Å². The molecule has 1 aliphatic carbocycles. The average molecular weight is 541 g/mol. The van der Waals surface area contributed by atoms with E-state index in [2.05, 4.69) is 20.1 Å². The second kappa shape index (κ2) is 9.50. The van der Waals surface area contributed by atoms with E-state index in [0.717, 1.165) is 5.69 Å². The van der Waals surface area contributed by atoms with Gasteiger partial charge in [-0.2, -0.15) is 0 Å². The van der Waals surface area contributed by atoms with Gasteiger partial charge in [-0.05, 0) is 44.0 Å². The Morgan fingerprint density at radius 1 is 1.32 bits per heavy atom. The first-order valence-corrected chi connectivity index (χ1v) is 12.6. The van der Waals surface area contributed by atoms with E-state index in [1.54, 1.807) is 34.0 Å². The van der Waals surface area contributed by atoms with Crippen LogP contribution in [0.1, 0.15) is 41.6 Å². The summed E-state index contributed by atoms with van der Waals surface area (Å²) in [5, 5.41) is 4.00. The molecular weight excluding hydrogens is 514 g/mol. The molecule has 9 nitrogen and oxygen atoms in total. The summed E-state index contributed by atoms with van der Waals surface area (Å²) >= 11 is 1.23. The first kappa shape index (κ1) is 25.8. The minimum atomic E-state index is -1.08. The fourth-order valence-electron chi connectivity index (χ4n) is 4.82. The Morgan fingerprint density at radius 2 is 2.11 bits per heavy atom. The molecule has 2 aromatic heterocycles. The molecule has 1 fully saturated rings. The Balaban J connectivity index is 1.37. The Morgan fingerprint density at radius 3 is 2.76 bits per heavy atom. The molecule has 0 radical (unpaired) electrons. The number of carbonyl (C=O) groups is 1. The Kier molecular flexibility index (Phi) is 6.46. The van der Waals surface area contributed by atoms with E-state index in [9.17, 15) is 4.79 Å². The van der Waals surface area contributed by atoms with E-state index in [1.807, 2.05) is 0 Å². The highest BCUT2D eigenvalue weighted by atomic mass is 32.2. The van der Waals surface area contributed by atoms with Gasteiger partial charge in [0.25, 0.3) is 0 Å². The number of aryl methyl sites for hydroxylation is 1. The summed E-state index contributed by atoms with van der Waals surface area (Å²) in [4.78, 5) is 27.2. The lowest BCUT2D eigenvalue weighted by molar-refractivity contribution is -0.129. The van der Waals surface area contributed by atoms with Gasteiger partial charge in [0.2, 0.25) is 11.8 Å². The quantitative estimate of drug-likeness (QED) is 0.476. The van der Waals surface area contributed by atoms with Crippen molar-refractivity contribution >= 4 is 34.7 Å². The van der Waals surface area contributed by atoms with Gasteiger partial charge in [-0.3, -0.25) is 9.79 Å². The monoisotopic (exact) mass is 540 g/mol. The third-order valence-electron chi connectivity index (χ3n) is 6.73. The zero-order valence-corrected chi connectivity index (χ0v) is 22.1. The number of aliphatic imine (C=N–C) groups is 1. The van der Waals surface area contributed by atoms with E-state index in [4.69, 9.17) is 15.0 Å². The van der Waals surface area contributed by atoms with Crippen molar-refractivity contribution < 1.29 is 22.8 Å². The normalized spacial score (nSPS) is 24.4. The van der Waals surface area contributed by atoms with Crippen molar-refractivity contribution in [3.05, 3.63) is 70.8 Å². The summed E-state index contributed by atoms with van der Waals surface area (Å²) in [6, 6.07) is 5.99. The lowest BCUT2D eigenvalue weighted by Gasteiger charge is -2.34. The fourth-order valence-corrected chi connectivity index (χ4v) is 6.32. The Bertz CT molecular complexity index is 1460. The third-order valence-corrected chi connectivity index (χ3v) is 8.02. The van der Waals surface area contributed by atoms with Gasteiger partial charge in [0, 0.05) is 31.6 Å². The van der Waals surface area contributed by atoms with Crippen LogP contribution >= 0.6 is 11.8 Å². The maximum atomic E-state index is 15.1. The van der Waals surface area contributed by atoms with Crippen molar-refractivity contribution in [1.29, 1.82) is 0 Å². The van der Waals surface area contributed by atoms with E-state index < -0.39 is 21.9 Å². The van der Waals surface area contributed by atoms with Crippen molar-refractivity contribution in [2.75, 3.05) is 14.1 Å². The van der Waals surface area contributed by atoms with Gasteiger partial charge in [0.1, 0.15) is 16.3 Å². The number of amidine groups is 1. The number of carbonyl (C=O) groups excluding carboxylic acids is 1. The van der Waals surface area contributed by atoms with Crippen LogP contribution in [0.15, 0.2) is 46.2 Å². The maximum Gasteiger partial charge on any atom is 0.239 e. The molecule has 38 heavy (non-hydrogen) atoms. The van der Waals surface area contributed by atoms with Crippen LogP contribution in [0.4, 0.5) is 8.78 Å². The van der Waals surface area contributed by atoms with E-state index in [1.165, 1.54) is 53.3 Å². The number of rotatable bonds is 7. The summed E-state index contributed by atoms with van der Waals surface area (Å²) in [5.41, 5.74) is 6.40. The molecule has 12 heteroatoms. The largest absolute Gasteiger partial charge is 0.468 e. The SMILES string of the molecule is Cc1cc(COc2cnc(C(F)=Cc3ccc(F)c([C@@]4(C)N=C(N)S[C@@]5(C(=O)N(C)C)C[C@H]54)c3)cn2)on1. The molecule has 3 aromatic rings. The predicted molar refractivity (Wildman–Crippen MR) is 139 cm³/mol. The van der Waals surface area contributed by atoms with Crippen LogP contribution < -0.4 is 10.5 Å². The molecule has 2 aliphatic rings. The van der Waals surface area contributed by atoms with Crippen LogP contribution in [-0.4, -0.2) is 49.9 Å². The minimum absolute atomic E-state index is 0.0148. The number of thioether (sulfide) groups is 1. The molecule has 198 valence electrons. The van der Waals surface area contributed by atoms with Crippen molar-refractivity contribution in [1.82, 2.24) is 20.0 Å². The number of nitrogens with two attached hydrogens (primary N) is 1. The number of halogens is 2. The first-order chi connectivity index (χ1) is 18.0. The predicted octanol–water partition coefficient (Wildman–Crippen LogP) is 4.08. The van der Waals surface area contributed by atoms with Crippen molar-refractivity contribution in [3.63, 3.8) is 0 Å². The number of ether oxygens (including phenoxy) is 1. The van der Waals surface area contributed by atoms with Crippen LogP contribution in [0.5, 0.6) is 5.88 Å². The highest BCUT2D eigenvalue weighted by Crippen LogP contribution is 2.66. The average Bonchev–Trinajstić information content (AvgIpc) is 3.49. The maximum absolute atomic E-state index is 15.1. The molecule has 0 bridgehead atoms. The first-order valence-electron chi connectivity index (χ1n) is 11.8. The summed E-state index contributed by atoms with van der Waals surface area (Å²) in [6.07, 6.45) is 4.30. The molecule has 0 saturated heterocycles. The third kappa shape index (κ3) is 4.64. The molecule has 1 amide bonds. The Hall–Kier alpha value is -3.80. The smallest absolute Gasteiger partial charge is 0.239 e. The molecule has 0 unspecified atom stereocenters. The highest BCUT2D eigenvalue weighted by molar-refractivity contribution is 8.15. The van der Waals surface area contributed by atoms with Gasteiger partial charge < -0.3 is 19.9 Å². The number of fused-ring (bicyclic) bond motifs is 1. The van der Waals surface area contributed by atoms with Crippen LogP contribution in [0.25, 0.3) is 11.9 Å². The van der Waals surface area contributed by atoms with Gasteiger partial charge in [-0.25, -0.2) is 18.7 Å². The molecule has 1 aromatic carbocycles. The number of benzene rings is 1. The molecule has 3 heterocycles. The minimum Gasteiger partial charge on any atom is -0.468 e. The van der Waals surface area contributed by atoms with Crippen LogP contribution in [-0.2, 0) is 16.9 Å². The fraction of sp³-hybridized carbons (Fsp3) is 0.346.